The highest BCUT2D eigenvalue weighted by Gasteiger charge is 2.33. The van der Waals surface area contributed by atoms with Gasteiger partial charge in [-0.05, 0) is 95.9 Å². The molecule has 2 heterocycles. The molecule has 11 heteroatoms. The molecule has 0 unspecified atom stereocenters. The summed E-state index contributed by atoms with van der Waals surface area (Å²) in [6.07, 6.45) is 1.43. The van der Waals surface area contributed by atoms with E-state index in [1.807, 2.05) is 12.1 Å². The van der Waals surface area contributed by atoms with Gasteiger partial charge in [0.25, 0.3) is 5.56 Å². The van der Waals surface area contributed by atoms with Crippen LogP contribution in [0.15, 0.2) is 92.3 Å². The van der Waals surface area contributed by atoms with E-state index in [0.717, 1.165) is 11.1 Å². The number of allylic oxidation sites excluding steroid dienone is 1. The maximum Gasteiger partial charge on any atom is 0.338 e. The van der Waals surface area contributed by atoms with Crippen molar-refractivity contribution >= 4 is 56.9 Å². The second-order valence-corrected chi connectivity index (χ2v) is 12.4. The van der Waals surface area contributed by atoms with Crippen molar-refractivity contribution in [2.45, 2.75) is 39.5 Å². The second kappa shape index (κ2) is 12.7. The van der Waals surface area contributed by atoms with Gasteiger partial charge in [0, 0.05) is 5.02 Å². The van der Waals surface area contributed by atoms with Crippen LogP contribution in [0.2, 0.25) is 5.02 Å². The molecule has 4 aromatic rings. The molecule has 1 aliphatic rings. The number of carbonyl (C=O) groups is 2. The van der Waals surface area contributed by atoms with E-state index >= 15 is 0 Å². The van der Waals surface area contributed by atoms with E-state index in [1.165, 1.54) is 28.0 Å². The number of thiazole rings is 1. The molecule has 0 fully saturated rings. The predicted molar refractivity (Wildman–Crippen MR) is 168 cm³/mol. The van der Waals surface area contributed by atoms with E-state index < -0.39 is 18.0 Å². The van der Waals surface area contributed by atoms with E-state index in [4.69, 9.17) is 26.2 Å². The van der Waals surface area contributed by atoms with Gasteiger partial charge in [0.2, 0.25) is 0 Å². The lowest BCUT2D eigenvalue weighted by molar-refractivity contribution is -0.143. The Morgan fingerprint density at radius 1 is 1.12 bits per heavy atom. The molecule has 220 valence electrons. The maximum absolute atomic E-state index is 13.9. The van der Waals surface area contributed by atoms with Gasteiger partial charge in [-0.15, -0.1) is 0 Å². The zero-order valence-electron chi connectivity index (χ0n) is 23.3. The molecule has 0 radical (unpaired) electrons. The first-order valence-corrected chi connectivity index (χ1v) is 15.2. The van der Waals surface area contributed by atoms with Crippen molar-refractivity contribution in [2.24, 2.45) is 4.99 Å². The number of benzene rings is 3. The average molecular weight is 682 g/mol. The van der Waals surface area contributed by atoms with Crippen LogP contribution >= 0.6 is 38.9 Å². The number of hydrogen-bond acceptors (Lipinski definition) is 7. The number of ether oxygens (including phenoxy) is 2. The van der Waals surface area contributed by atoms with Crippen molar-refractivity contribution in [3.63, 3.8) is 0 Å². The highest BCUT2D eigenvalue weighted by molar-refractivity contribution is 9.10. The molecular weight excluding hydrogens is 656 g/mol. The van der Waals surface area contributed by atoms with E-state index in [2.05, 4.69) is 20.9 Å². The zero-order valence-corrected chi connectivity index (χ0v) is 26.5. The summed E-state index contributed by atoms with van der Waals surface area (Å²) in [5.41, 5.74) is 3.01. The van der Waals surface area contributed by atoms with Gasteiger partial charge in [-0.2, -0.15) is 0 Å². The summed E-state index contributed by atoms with van der Waals surface area (Å²) in [5.74, 6) is -0.918. The van der Waals surface area contributed by atoms with E-state index in [1.54, 1.807) is 69.3 Å². The Morgan fingerprint density at radius 2 is 1.81 bits per heavy atom. The molecule has 8 nitrogen and oxygen atoms in total. The first kappa shape index (κ1) is 30.5. The smallest absolute Gasteiger partial charge is 0.338 e. The van der Waals surface area contributed by atoms with Gasteiger partial charge in [-0.1, -0.05) is 53.3 Å². The van der Waals surface area contributed by atoms with Crippen molar-refractivity contribution < 1.29 is 24.2 Å². The van der Waals surface area contributed by atoms with Crippen LogP contribution in [0.3, 0.4) is 0 Å². The Bertz CT molecular complexity index is 1930. The van der Waals surface area contributed by atoms with Crippen molar-refractivity contribution in [1.82, 2.24) is 4.57 Å². The van der Waals surface area contributed by atoms with Crippen LogP contribution in [0, 0.1) is 0 Å². The molecule has 0 amide bonds. The molecule has 0 bridgehead atoms. The first-order valence-electron chi connectivity index (χ1n) is 13.3. The van der Waals surface area contributed by atoms with Crippen LogP contribution in [0.4, 0.5) is 0 Å². The predicted octanol–water partition coefficient (Wildman–Crippen LogP) is 5.88. The number of hydrogen-bond donors (Lipinski definition) is 1. The average Bonchev–Trinajstić information content (AvgIpc) is 3.26. The number of carboxylic acids is 1. The number of aromatic nitrogens is 1. The number of carboxylic acid groups (broad SMARTS) is 1. The number of halogens is 2. The molecule has 3 aromatic carbocycles. The van der Waals surface area contributed by atoms with Crippen molar-refractivity contribution in [1.29, 1.82) is 0 Å². The number of rotatable bonds is 8. The molecule has 1 atom stereocenters. The molecule has 0 saturated carbocycles. The quantitative estimate of drug-likeness (QED) is 0.233. The van der Waals surface area contributed by atoms with Gasteiger partial charge >= 0.3 is 11.9 Å². The van der Waals surface area contributed by atoms with Crippen molar-refractivity contribution in [3.05, 3.63) is 129 Å². The Balaban J connectivity index is 1.48. The molecule has 43 heavy (non-hydrogen) atoms. The Morgan fingerprint density at radius 3 is 2.44 bits per heavy atom. The number of aromatic carboxylic acids is 1. The standard InChI is InChI=1S/C32H26BrClN2O6S/c1-17(2)42-31(40)27-18(3)35-32-36(28(27)21-9-11-23(34)12-10-21)29(37)26(43-32)15-20-6-13-25(24(33)14-20)41-16-19-4-7-22(8-5-19)30(38)39/h4-15,17,28H,16H2,1-3H3,(H,38,39)/b26-15+/t28-/m0/s1. The third-order valence-electron chi connectivity index (χ3n) is 6.62. The summed E-state index contributed by atoms with van der Waals surface area (Å²) in [6.45, 7) is 5.54. The molecule has 1 aliphatic heterocycles. The molecule has 1 N–H and O–H groups in total. The molecule has 1 aromatic heterocycles. The summed E-state index contributed by atoms with van der Waals surface area (Å²) in [6, 6.07) is 18.2. The summed E-state index contributed by atoms with van der Waals surface area (Å²) >= 11 is 10.9. The number of carbonyl (C=O) groups excluding carboxylic acids is 1. The van der Waals surface area contributed by atoms with Crippen LogP contribution in [0.1, 0.15) is 53.9 Å². The van der Waals surface area contributed by atoms with Gasteiger partial charge in [0.1, 0.15) is 12.4 Å². The highest BCUT2D eigenvalue weighted by atomic mass is 79.9. The van der Waals surface area contributed by atoms with Gasteiger partial charge < -0.3 is 14.6 Å². The maximum atomic E-state index is 13.9. The van der Waals surface area contributed by atoms with E-state index in [-0.39, 0.29) is 23.8 Å². The van der Waals surface area contributed by atoms with Crippen molar-refractivity contribution in [3.8, 4) is 5.75 Å². The van der Waals surface area contributed by atoms with Crippen LogP contribution in [-0.2, 0) is 16.1 Å². The topological polar surface area (TPSA) is 107 Å². The minimum Gasteiger partial charge on any atom is -0.488 e. The molecule has 0 spiro atoms. The summed E-state index contributed by atoms with van der Waals surface area (Å²) in [7, 11) is 0. The first-order chi connectivity index (χ1) is 20.5. The fourth-order valence-corrected chi connectivity index (χ4v) is 6.28. The molecule has 5 rings (SSSR count). The third kappa shape index (κ3) is 6.66. The van der Waals surface area contributed by atoms with Gasteiger partial charge in [-0.3, -0.25) is 9.36 Å². The van der Waals surface area contributed by atoms with Crippen LogP contribution < -0.4 is 19.6 Å². The minimum atomic E-state index is -0.983. The summed E-state index contributed by atoms with van der Waals surface area (Å²) < 4.78 is 14.1. The lowest BCUT2D eigenvalue weighted by atomic mass is 9.96. The van der Waals surface area contributed by atoms with E-state index in [0.29, 0.717) is 41.4 Å². The van der Waals surface area contributed by atoms with Gasteiger partial charge in [0.05, 0.1) is 38.0 Å². The fraction of sp³-hybridized carbons (Fsp3) is 0.188. The fourth-order valence-electron chi connectivity index (χ4n) is 4.60. The monoisotopic (exact) mass is 680 g/mol. The van der Waals surface area contributed by atoms with E-state index in [9.17, 15) is 14.4 Å². The second-order valence-electron chi connectivity index (χ2n) is 10.1. The SMILES string of the molecule is CC1=C(C(=O)OC(C)C)[C@H](c2ccc(Cl)cc2)n2c(s/c(=C/c3ccc(OCc4ccc(C(=O)O)cc4)c(Br)c3)c2=O)=N1. The largest absolute Gasteiger partial charge is 0.488 e. The molecule has 0 saturated heterocycles. The van der Waals surface area contributed by atoms with Crippen LogP contribution in [0.5, 0.6) is 5.75 Å². The number of nitrogens with zero attached hydrogens (tertiary/aromatic N) is 2. The zero-order chi connectivity index (χ0) is 30.8. The van der Waals surface area contributed by atoms with Crippen LogP contribution in [0.25, 0.3) is 6.08 Å². The lowest BCUT2D eigenvalue weighted by Crippen LogP contribution is -2.40. The van der Waals surface area contributed by atoms with Crippen molar-refractivity contribution in [2.75, 3.05) is 0 Å². The lowest BCUT2D eigenvalue weighted by Gasteiger charge is -2.25. The highest BCUT2D eigenvalue weighted by Crippen LogP contribution is 2.32. The normalized spacial score (nSPS) is 14.8. The molecule has 0 aliphatic carbocycles. The molecular formula is C32H26BrClN2O6S. The number of fused-ring (bicyclic) bond motifs is 1. The Labute approximate surface area is 264 Å². The van der Waals surface area contributed by atoms with Crippen LogP contribution in [-0.4, -0.2) is 27.7 Å². The minimum absolute atomic E-state index is 0.209. The summed E-state index contributed by atoms with van der Waals surface area (Å²) in [4.78, 5) is 43.2. The Hall–Kier alpha value is -3.99. The summed E-state index contributed by atoms with van der Waals surface area (Å²) in [5, 5.41) is 9.61. The number of esters is 1. The van der Waals surface area contributed by atoms with Gasteiger partial charge in [-0.25, -0.2) is 14.6 Å². The Kier molecular flexibility index (Phi) is 9.00. The van der Waals surface area contributed by atoms with Gasteiger partial charge in [0.15, 0.2) is 4.80 Å². The third-order valence-corrected chi connectivity index (χ3v) is 8.47.